The highest BCUT2D eigenvalue weighted by Crippen LogP contribution is 2.25. The van der Waals surface area contributed by atoms with E-state index < -0.39 is 0 Å². The van der Waals surface area contributed by atoms with Gasteiger partial charge in [-0.2, -0.15) is 0 Å². The van der Waals surface area contributed by atoms with Crippen molar-refractivity contribution in [3.05, 3.63) is 35.5 Å². The molecule has 0 atom stereocenters. The summed E-state index contributed by atoms with van der Waals surface area (Å²) in [5.41, 5.74) is 10.0. The van der Waals surface area contributed by atoms with Crippen molar-refractivity contribution >= 4 is 16.6 Å². The van der Waals surface area contributed by atoms with Gasteiger partial charge in [0, 0.05) is 23.3 Å². The SMILES string of the molecule is Cc1cc(NCCCN)c2cccc(C)c2n1. The minimum absolute atomic E-state index is 0.716. The highest BCUT2D eigenvalue weighted by molar-refractivity contribution is 5.93. The predicted octanol–water partition coefficient (Wildman–Crippen LogP) is 2.61. The molecule has 2 aromatic rings. The molecule has 0 spiro atoms. The molecule has 0 bridgehead atoms. The van der Waals surface area contributed by atoms with Crippen molar-refractivity contribution in [3.8, 4) is 0 Å². The summed E-state index contributed by atoms with van der Waals surface area (Å²) < 4.78 is 0. The normalized spacial score (nSPS) is 10.8. The third-order valence-electron chi connectivity index (χ3n) is 2.87. The van der Waals surface area contributed by atoms with Gasteiger partial charge in [0.25, 0.3) is 0 Å². The summed E-state index contributed by atoms with van der Waals surface area (Å²) >= 11 is 0. The van der Waals surface area contributed by atoms with Crippen LogP contribution >= 0.6 is 0 Å². The van der Waals surface area contributed by atoms with Crippen molar-refractivity contribution in [3.63, 3.8) is 0 Å². The Morgan fingerprint density at radius 3 is 2.88 bits per heavy atom. The molecule has 17 heavy (non-hydrogen) atoms. The fourth-order valence-corrected chi connectivity index (χ4v) is 1.99. The molecule has 3 N–H and O–H groups in total. The molecule has 0 aliphatic rings. The van der Waals surface area contributed by atoms with E-state index in [1.165, 1.54) is 10.9 Å². The second-order valence-corrected chi connectivity index (χ2v) is 4.35. The molecule has 0 aliphatic carbocycles. The maximum Gasteiger partial charge on any atom is 0.0755 e. The van der Waals surface area contributed by atoms with Crippen LogP contribution in [0.25, 0.3) is 10.9 Å². The van der Waals surface area contributed by atoms with Gasteiger partial charge in [-0.1, -0.05) is 18.2 Å². The molecule has 2 rings (SSSR count). The minimum Gasteiger partial charge on any atom is -0.384 e. The number of anilines is 1. The molecule has 1 heterocycles. The molecule has 0 radical (unpaired) electrons. The zero-order chi connectivity index (χ0) is 12.3. The molecule has 90 valence electrons. The van der Waals surface area contributed by atoms with Crippen molar-refractivity contribution in [1.29, 1.82) is 0 Å². The van der Waals surface area contributed by atoms with Crippen molar-refractivity contribution in [2.75, 3.05) is 18.4 Å². The van der Waals surface area contributed by atoms with E-state index in [4.69, 9.17) is 5.73 Å². The lowest BCUT2D eigenvalue weighted by Gasteiger charge is -2.11. The van der Waals surface area contributed by atoms with Crippen LogP contribution in [0.15, 0.2) is 24.3 Å². The van der Waals surface area contributed by atoms with Gasteiger partial charge < -0.3 is 11.1 Å². The molecule has 1 aromatic carbocycles. The van der Waals surface area contributed by atoms with Crippen LogP contribution in [0.5, 0.6) is 0 Å². The summed E-state index contributed by atoms with van der Waals surface area (Å²) in [6.07, 6.45) is 0.981. The van der Waals surface area contributed by atoms with Gasteiger partial charge in [-0.3, -0.25) is 4.98 Å². The van der Waals surface area contributed by atoms with E-state index >= 15 is 0 Å². The zero-order valence-electron chi connectivity index (χ0n) is 10.5. The Hall–Kier alpha value is -1.61. The average molecular weight is 229 g/mol. The van der Waals surface area contributed by atoms with Crippen molar-refractivity contribution in [1.82, 2.24) is 4.98 Å². The third-order valence-corrected chi connectivity index (χ3v) is 2.87. The number of benzene rings is 1. The lowest BCUT2D eigenvalue weighted by molar-refractivity contribution is 0.875. The summed E-state index contributed by atoms with van der Waals surface area (Å²) in [5.74, 6) is 0. The fraction of sp³-hybridized carbons (Fsp3) is 0.357. The number of fused-ring (bicyclic) bond motifs is 1. The predicted molar refractivity (Wildman–Crippen MR) is 73.4 cm³/mol. The Morgan fingerprint density at radius 1 is 1.29 bits per heavy atom. The van der Waals surface area contributed by atoms with E-state index in [0.717, 1.165) is 29.9 Å². The fourth-order valence-electron chi connectivity index (χ4n) is 1.99. The van der Waals surface area contributed by atoms with Crippen LogP contribution in [0.3, 0.4) is 0 Å². The lowest BCUT2D eigenvalue weighted by atomic mass is 10.1. The molecule has 1 aromatic heterocycles. The number of hydrogen-bond acceptors (Lipinski definition) is 3. The number of pyridine rings is 1. The Labute approximate surface area is 102 Å². The van der Waals surface area contributed by atoms with Crippen molar-refractivity contribution < 1.29 is 0 Å². The Balaban J connectivity index is 2.43. The van der Waals surface area contributed by atoms with E-state index in [-0.39, 0.29) is 0 Å². The van der Waals surface area contributed by atoms with Crippen molar-refractivity contribution in [2.45, 2.75) is 20.3 Å². The molecule has 3 heteroatoms. The second-order valence-electron chi connectivity index (χ2n) is 4.35. The van der Waals surface area contributed by atoms with Gasteiger partial charge in [0.05, 0.1) is 5.52 Å². The molecule has 0 fully saturated rings. The summed E-state index contributed by atoms with van der Waals surface area (Å²) in [6.45, 7) is 5.75. The first-order valence-electron chi connectivity index (χ1n) is 6.03. The molecule has 0 unspecified atom stereocenters. The maximum atomic E-state index is 5.51. The van der Waals surface area contributed by atoms with Gasteiger partial charge in [-0.05, 0) is 38.4 Å². The smallest absolute Gasteiger partial charge is 0.0755 e. The van der Waals surface area contributed by atoms with Crippen LogP contribution in [0.4, 0.5) is 5.69 Å². The first-order chi connectivity index (χ1) is 8.22. The van der Waals surface area contributed by atoms with E-state index in [2.05, 4.69) is 41.5 Å². The van der Waals surface area contributed by atoms with Crippen LogP contribution in [0.1, 0.15) is 17.7 Å². The highest BCUT2D eigenvalue weighted by atomic mass is 14.9. The Bertz CT molecular complexity index is 520. The number of para-hydroxylation sites is 1. The number of aromatic nitrogens is 1. The molecular weight excluding hydrogens is 210 g/mol. The van der Waals surface area contributed by atoms with Crippen LogP contribution in [-0.4, -0.2) is 18.1 Å². The molecular formula is C14H19N3. The molecule has 0 saturated carbocycles. The van der Waals surface area contributed by atoms with Gasteiger partial charge in [0.1, 0.15) is 0 Å². The number of aryl methyl sites for hydroxylation is 2. The van der Waals surface area contributed by atoms with Gasteiger partial charge >= 0.3 is 0 Å². The first-order valence-corrected chi connectivity index (χ1v) is 6.03. The number of nitrogens with two attached hydrogens (primary N) is 1. The van der Waals surface area contributed by atoms with Gasteiger partial charge in [0.15, 0.2) is 0 Å². The largest absolute Gasteiger partial charge is 0.384 e. The summed E-state index contributed by atoms with van der Waals surface area (Å²) in [4.78, 5) is 4.60. The topological polar surface area (TPSA) is 50.9 Å². The van der Waals surface area contributed by atoms with Crippen LogP contribution < -0.4 is 11.1 Å². The van der Waals surface area contributed by atoms with E-state index in [0.29, 0.717) is 6.54 Å². The van der Waals surface area contributed by atoms with Gasteiger partial charge in [-0.15, -0.1) is 0 Å². The Morgan fingerprint density at radius 2 is 2.12 bits per heavy atom. The standard InChI is InChI=1S/C14H19N3/c1-10-5-3-6-12-13(16-8-4-7-15)9-11(2)17-14(10)12/h3,5-6,9H,4,7-8,15H2,1-2H3,(H,16,17). The summed E-state index contributed by atoms with van der Waals surface area (Å²) in [7, 11) is 0. The number of hydrogen-bond donors (Lipinski definition) is 2. The monoisotopic (exact) mass is 229 g/mol. The highest BCUT2D eigenvalue weighted by Gasteiger charge is 2.05. The van der Waals surface area contributed by atoms with Gasteiger partial charge in [-0.25, -0.2) is 0 Å². The molecule has 3 nitrogen and oxygen atoms in total. The number of nitrogens with one attached hydrogen (secondary N) is 1. The lowest BCUT2D eigenvalue weighted by Crippen LogP contribution is -2.09. The van der Waals surface area contributed by atoms with E-state index in [1.807, 2.05) is 6.92 Å². The second kappa shape index (κ2) is 5.15. The quantitative estimate of drug-likeness (QED) is 0.792. The van der Waals surface area contributed by atoms with E-state index in [9.17, 15) is 0 Å². The molecule has 0 amide bonds. The summed E-state index contributed by atoms with van der Waals surface area (Å²) in [5, 5.41) is 4.62. The van der Waals surface area contributed by atoms with Crippen LogP contribution in [0.2, 0.25) is 0 Å². The maximum absolute atomic E-state index is 5.51. The van der Waals surface area contributed by atoms with Crippen molar-refractivity contribution in [2.24, 2.45) is 5.73 Å². The molecule has 0 saturated heterocycles. The summed E-state index contributed by atoms with van der Waals surface area (Å²) in [6, 6.07) is 8.37. The van der Waals surface area contributed by atoms with Gasteiger partial charge in [0.2, 0.25) is 0 Å². The van der Waals surface area contributed by atoms with Crippen LogP contribution in [0, 0.1) is 13.8 Å². The van der Waals surface area contributed by atoms with Crippen LogP contribution in [-0.2, 0) is 0 Å². The average Bonchev–Trinajstić information content (AvgIpc) is 2.31. The number of nitrogens with zero attached hydrogens (tertiary/aromatic N) is 1. The Kier molecular flexibility index (Phi) is 3.59. The third kappa shape index (κ3) is 2.56. The molecule has 0 aliphatic heterocycles. The number of rotatable bonds is 4. The first kappa shape index (κ1) is 11.9. The minimum atomic E-state index is 0.716. The van der Waals surface area contributed by atoms with E-state index in [1.54, 1.807) is 0 Å². The zero-order valence-corrected chi connectivity index (χ0v) is 10.5.